The highest BCUT2D eigenvalue weighted by atomic mass is 32.1. The minimum atomic E-state index is -1.02. The number of anilines is 1. The molecule has 0 spiro atoms. The van der Waals surface area contributed by atoms with Gasteiger partial charge < -0.3 is 15.8 Å². The first kappa shape index (κ1) is 14.1. The Morgan fingerprint density at radius 3 is 2.79 bits per heavy atom. The van der Waals surface area contributed by atoms with E-state index < -0.39 is 11.6 Å². The van der Waals surface area contributed by atoms with Gasteiger partial charge in [0.2, 0.25) is 0 Å². The molecule has 3 N–H and O–H groups in total. The summed E-state index contributed by atoms with van der Waals surface area (Å²) < 4.78 is 33.1. The minimum Gasteiger partial charge on any atom is -0.389 e. The molecule has 19 heavy (non-hydrogen) atoms. The number of hydrogen-bond acceptors (Lipinski definition) is 3. The molecular weight excluding hydrogens is 270 g/mol. The molecule has 0 aliphatic carbocycles. The zero-order valence-electron chi connectivity index (χ0n) is 10.6. The van der Waals surface area contributed by atoms with Crippen LogP contribution < -0.4 is 11.1 Å². The maximum atomic E-state index is 13.8. The van der Waals surface area contributed by atoms with Crippen LogP contribution in [-0.4, -0.2) is 23.7 Å². The molecule has 3 nitrogen and oxygen atoms in total. The van der Waals surface area contributed by atoms with Crippen molar-refractivity contribution in [3.8, 4) is 0 Å². The van der Waals surface area contributed by atoms with Gasteiger partial charge in [0.1, 0.15) is 4.99 Å². The summed E-state index contributed by atoms with van der Waals surface area (Å²) in [4.78, 5) is -0.158. The third-order valence-corrected chi connectivity index (χ3v) is 3.52. The van der Waals surface area contributed by atoms with Crippen LogP contribution in [0.15, 0.2) is 12.1 Å². The van der Waals surface area contributed by atoms with E-state index in [1.165, 1.54) is 12.1 Å². The molecule has 0 amide bonds. The molecule has 1 aliphatic rings. The second-order valence-electron chi connectivity index (χ2n) is 4.91. The van der Waals surface area contributed by atoms with Crippen LogP contribution in [0, 0.1) is 11.6 Å². The Balaban J connectivity index is 2.13. The van der Waals surface area contributed by atoms with E-state index in [1.807, 2.05) is 6.92 Å². The average molecular weight is 286 g/mol. The number of thiocarbonyl (C=S) groups is 1. The standard InChI is InChI=1S/C13H16F2N2OS/c1-13(5-2-6-18-13)7-17-9-4-3-8(12(16)19)10(14)11(9)15/h3-4,17H,2,5-7H2,1H3,(H2,16,19). The first-order chi connectivity index (χ1) is 8.93. The maximum absolute atomic E-state index is 13.8. The molecule has 1 aromatic carbocycles. The van der Waals surface area contributed by atoms with Gasteiger partial charge in [-0.1, -0.05) is 12.2 Å². The van der Waals surface area contributed by atoms with Crippen molar-refractivity contribution in [1.82, 2.24) is 0 Å². The van der Waals surface area contributed by atoms with Gasteiger partial charge in [-0.05, 0) is 31.9 Å². The van der Waals surface area contributed by atoms with Crippen LogP contribution in [0.1, 0.15) is 25.3 Å². The fourth-order valence-electron chi connectivity index (χ4n) is 2.13. The van der Waals surface area contributed by atoms with Crippen LogP contribution in [0.4, 0.5) is 14.5 Å². The Hall–Kier alpha value is -1.27. The van der Waals surface area contributed by atoms with Crippen molar-refractivity contribution in [2.24, 2.45) is 5.73 Å². The smallest absolute Gasteiger partial charge is 0.182 e. The van der Waals surface area contributed by atoms with Crippen LogP contribution in [0.25, 0.3) is 0 Å². The molecule has 6 heteroatoms. The van der Waals surface area contributed by atoms with Gasteiger partial charge in [0, 0.05) is 18.7 Å². The second-order valence-corrected chi connectivity index (χ2v) is 5.35. The lowest BCUT2D eigenvalue weighted by atomic mass is 10.0. The summed E-state index contributed by atoms with van der Waals surface area (Å²) in [5.41, 5.74) is 4.99. The van der Waals surface area contributed by atoms with E-state index in [4.69, 9.17) is 10.5 Å². The number of nitrogens with one attached hydrogen (secondary N) is 1. The van der Waals surface area contributed by atoms with Crippen molar-refractivity contribution in [3.63, 3.8) is 0 Å². The SMILES string of the molecule is CC1(CNc2ccc(C(N)=S)c(F)c2F)CCCO1. The molecule has 1 atom stereocenters. The molecule has 0 saturated carbocycles. The van der Waals surface area contributed by atoms with Crippen molar-refractivity contribution < 1.29 is 13.5 Å². The molecule has 0 bridgehead atoms. The Labute approximate surface area is 116 Å². The number of hydrogen-bond donors (Lipinski definition) is 2. The van der Waals surface area contributed by atoms with Crippen LogP contribution in [0.3, 0.4) is 0 Å². The van der Waals surface area contributed by atoms with E-state index in [2.05, 4.69) is 17.5 Å². The Morgan fingerprint density at radius 1 is 1.47 bits per heavy atom. The summed E-state index contributed by atoms with van der Waals surface area (Å²) in [5.74, 6) is -1.98. The topological polar surface area (TPSA) is 47.3 Å². The number of rotatable bonds is 4. The van der Waals surface area contributed by atoms with Crippen LogP contribution in [0.5, 0.6) is 0 Å². The fourth-order valence-corrected chi connectivity index (χ4v) is 2.29. The van der Waals surface area contributed by atoms with Crippen molar-refractivity contribution >= 4 is 22.9 Å². The monoisotopic (exact) mass is 286 g/mol. The molecule has 1 aromatic rings. The van der Waals surface area contributed by atoms with Gasteiger partial charge in [0.15, 0.2) is 11.6 Å². The zero-order valence-corrected chi connectivity index (χ0v) is 11.4. The average Bonchev–Trinajstić information content (AvgIpc) is 2.78. The van der Waals surface area contributed by atoms with Gasteiger partial charge in [-0.2, -0.15) is 0 Å². The predicted molar refractivity (Wildman–Crippen MR) is 74.3 cm³/mol. The number of benzene rings is 1. The zero-order chi connectivity index (χ0) is 14.0. The second kappa shape index (κ2) is 5.38. The van der Waals surface area contributed by atoms with E-state index in [1.54, 1.807) is 0 Å². The largest absolute Gasteiger partial charge is 0.389 e. The summed E-state index contributed by atoms with van der Waals surface area (Å²) in [6.07, 6.45) is 1.88. The molecule has 1 saturated heterocycles. The Kier molecular flexibility index (Phi) is 4.01. The van der Waals surface area contributed by atoms with Gasteiger partial charge in [0.05, 0.1) is 11.3 Å². The van der Waals surface area contributed by atoms with Gasteiger partial charge in [-0.15, -0.1) is 0 Å². The highest BCUT2D eigenvalue weighted by Gasteiger charge is 2.29. The number of halogens is 2. The van der Waals surface area contributed by atoms with E-state index in [0.717, 1.165) is 12.8 Å². The van der Waals surface area contributed by atoms with Crippen LogP contribution >= 0.6 is 12.2 Å². The van der Waals surface area contributed by atoms with Crippen LogP contribution in [0.2, 0.25) is 0 Å². The van der Waals surface area contributed by atoms with Gasteiger partial charge in [-0.25, -0.2) is 8.78 Å². The molecule has 1 unspecified atom stereocenters. The first-order valence-electron chi connectivity index (χ1n) is 6.08. The molecule has 104 valence electrons. The normalized spacial score (nSPS) is 22.5. The highest BCUT2D eigenvalue weighted by Crippen LogP contribution is 2.27. The van der Waals surface area contributed by atoms with E-state index in [-0.39, 0.29) is 21.8 Å². The van der Waals surface area contributed by atoms with Crippen molar-refractivity contribution in [1.29, 1.82) is 0 Å². The van der Waals surface area contributed by atoms with E-state index >= 15 is 0 Å². The van der Waals surface area contributed by atoms with Crippen molar-refractivity contribution in [3.05, 3.63) is 29.3 Å². The third kappa shape index (κ3) is 3.01. The molecule has 2 rings (SSSR count). The molecule has 1 aliphatic heterocycles. The lowest BCUT2D eigenvalue weighted by Crippen LogP contribution is -2.32. The number of nitrogens with two attached hydrogens (primary N) is 1. The molecule has 1 heterocycles. The van der Waals surface area contributed by atoms with Crippen molar-refractivity contribution in [2.45, 2.75) is 25.4 Å². The van der Waals surface area contributed by atoms with Crippen molar-refractivity contribution in [2.75, 3.05) is 18.5 Å². The van der Waals surface area contributed by atoms with Gasteiger partial charge in [0.25, 0.3) is 0 Å². The summed E-state index contributed by atoms with van der Waals surface area (Å²) >= 11 is 4.65. The van der Waals surface area contributed by atoms with E-state index in [9.17, 15) is 8.78 Å². The predicted octanol–water partition coefficient (Wildman–Crippen LogP) is 2.58. The Bertz CT molecular complexity index is 502. The molecule has 0 aromatic heterocycles. The Morgan fingerprint density at radius 2 is 2.21 bits per heavy atom. The summed E-state index contributed by atoms with van der Waals surface area (Å²) in [6, 6.07) is 2.81. The maximum Gasteiger partial charge on any atom is 0.182 e. The van der Waals surface area contributed by atoms with Crippen LogP contribution in [-0.2, 0) is 4.74 Å². The number of ether oxygens (including phenoxy) is 1. The molecule has 0 radical (unpaired) electrons. The lowest BCUT2D eigenvalue weighted by Gasteiger charge is -2.24. The first-order valence-corrected chi connectivity index (χ1v) is 6.49. The quantitative estimate of drug-likeness (QED) is 0.835. The molecule has 1 fully saturated rings. The summed E-state index contributed by atoms with van der Waals surface area (Å²) in [5, 5.41) is 2.88. The summed E-state index contributed by atoms with van der Waals surface area (Å²) in [6.45, 7) is 3.08. The third-order valence-electron chi connectivity index (χ3n) is 3.30. The summed E-state index contributed by atoms with van der Waals surface area (Å²) in [7, 11) is 0. The van der Waals surface area contributed by atoms with E-state index in [0.29, 0.717) is 13.2 Å². The van der Waals surface area contributed by atoms with Gasteiger partial charge >= 0.3 is 0 Å². The molecular formula is C13H16F2N2OS. The highest BCUT2D eigenvalue weighted by molar-refractivity contribution is 7.80. The fraction of sp³-hybridized carbons (Fsp3) is 0.462. The minimum absolute atomic E-state index is 0.0821. The van der Waals surface area contributed by atoms with Gasteiger partial charge in [-0.3, -0.25) is 0 Å². The lowest BCUT2D eigenvalue weighted by molar-refractivity contribution is 0.0315.